The van der Waals surface area contributed by atoms with E-state index >= 15 is 0 Å². The fourth-order valence-electron chi connectivity index (χ4n) is 3.51. The molecule has 28 heavy (non-hydrogen) atoms. The van der Waals surface area contributed by atoms with Gasteiger partial charge in [-0.05, 0) is 59.6 Å². The van der Waals surface area contributed by atoms with Crippen LogP contribution in [-0.4, -0.2) is 40.3 Å². The van der Waals surface area contributed by atoms with E-state index in [2.05, 4.69) is 21.0 Å². The zero-order valence-corrected chi connectivity index (χ0v) is 17.5. The van der Waals surface area contributed by atoms with Gasteiger partial charge in [0.1, 0.15) is 6.10 Å². The van der Waals surface area contributed by atoms with Gasteiger partial charge >= 0.3 is 0 Å². The van der Waals surface area contributed by atoms with E-state index in [9.17, 15) is 4.79 Å². The van der Waals surface area contributed by atoms with Crippen molar-refractivity contribution in [3.05, 3.63) is 81.6 Å². The summed E-state index contributed by atoms with van der Waals surface area (Å²) < 4.78 is 8.76. The second-order valence-corrected chi connectivity index (χ2v) is 7.76. The van der Waals surface area contributed by atoms with E-state index < -0.39 is 0 Å². The molecule has 1 aromatic heterocycles. The number of halogens is 1. The summed E-state index contributed by atoms with van der Waals surface area (Å²) in [7, 11) is 0. The minimum absolute atomic E-state index is 0.0327. The van der Waals surface area contributed by atoms with Crippen molar-refractivity contribution in [2.45, 2.75) is 20.0 Å². The third kappa shape index (κ3) is 3.62. The van der Waals surface area contributed by atoms with Gasteiger partial charge in [0.25, 0.3) is 5.91 Å². The highest BCUT2D eigenvalue weighted by Gasteiger charge is 2.26. The Morgan fingerprint density at radius 3 is 2.46 bits per heavy atom. The molecule has 2 heterocycles. The van der Waals surface area contributed by atoms with Gasteiger partial charge in [0.15, 0.2) is 0 Å². The predicted octanol–water partition coefficient (Wildman–Crippen LogP) is 4.47. The Bertz CT molecular complexity index is 983. The molecule has 1 unspecified atom stereocenters. The molecule has 0 spiro atoms. The Morgan fingerprint density at radius 2 is 1.82 bits per heavy atom. The summed E-state index contributed by atoms with van der Waals surface area (Å²) in [6.07, 6.45) is -0.0785. The van der Waals surface area contributed by atoms with Gasteiger partial charge in [0.05, 0.1) is 34.7 Å². The lowest BCUT2D eigenvalue weighted by Crippen LogP contribution is -2.42. The van der Waals surface area contributed by atoms with E-state index in [1.165, 1.54) is 0 Å². The van der Waals surface area contributed by atoms with E-state index in [4.69, 9.17) is 4.74 Å². The fraction of sp³-hybridized carbons (Fsp3) is 0.273. The number of amides is 1. The first-order chi connectivity index (χ1) is 13.5. The number of hydrogen-bond donors (Lipinski definition) is 0. The summed E-state index contributed by atoms with van der Waals surface area (Å²) in [5.74, 6) is 0.0327. The Hall–Kier alpha value is -2.44. The van der Waals surface area contributed by atoms with Gasteiger partial charge in [-0.1, -0.05) is 30.3 Å². The zero-order valence-electron chi connectivity index (χ0n) is 15.9. The number of nitrogens with zero attached hydrogens (tertiary/aromatic N) is 3. The van der Waals surface area contributed by atoms with Crippen LogP contribution in [0.15, 0.2) is 59.1 Å². The maximum absolute atomic E-state index is 13.0. The third-order valence-electron chi connectivity index (χ3n) is 5.09. The van der Waals surface area contributed by atoms with E-state index in [0.29, 0.717) is 25.3 Å². The molecule has 0 saturated carbocycles. The van der Waals surface area contributed by atoms with Gasteiger partial charge < -0.3 is 9.64 Å². The highest BCUT2D eigenvalue weighted by Crippen LogP contribution is 2.25. The first kappa shape index (κ1) is 18.9. The Balaban J connectivity index is 1.51. The highest BCUT2D eigenvalue weighted by atomic mass is 79.9. The van der Waals surface area contributed by atoms with Crippen LogP contribution < -0.4 is 0 Å². The van der Waals surface area contributed by atoms with Crippen molar-refractivity contribution in [2.24, 2.45) is 0 Å². The number of morpholine rings is 1. The number of aryl methyl sites for hydroxylation is 1. The van der Waals surface area contributed by atoms with Gasteiger partial charge in [-0.3, -0.25) is 4.79 Å². The van der Waals surface area contributed by atoms with Crippen molar-refractivity contribution in [2.75, 3.05) is 19.7 Å². The largest absolute Gasteiger partial charge is 0.370 e. The average Bonchev–Trinajstić information content (AvgIpc) is 3.01. The Kier molecular flexibility index (Phi) is 5.33. The lowest BCUT2D eigenvalue weighted by atomic mass is 10.1. The molecule has 1 aliphatic heterocycles. The number of carbonyl (C=O) groups excluding carboxylic acids is 1. The maximum Gasteiger partial charge on any atom is 0.254 e. The number of hydrogen-bond acceptors (Lipinski definition) is 3. The van der Waals surface area contributed by atoms with Crippen LogP contribution in [-0.2, 0) is 4.74 Å². The molecule has 1 saturated heterocycles. The molecule has 0 N–H and O–H groups in total. The third-order valence-corrected chi connectivity index (χ3v) is 6.23. The van der Waals surface area contributed by atoms with Crippen molar-refractivity contribution >= 4 is 21.8 Å². The lowest BCUT2D eigenvalue weighted by Gasteiger charge is -2.33. The molecule has 1 fully saturated rings. The molecule has 0 radical (unpaired) electrons. The first-order valence-corrected chi connectivity index (χ1v) is 10.1. The average molecular weight is 440 g/mol. The standard InChI is InChI=1S/C22H22BrN3O2/c1-15-21(23)16(2)26(24-15)19-10-8-18(9-11-19)22(27)25-12-13-28-20(14-25)17-6-4-3-5-7-17/h3-11,20H,12-14H2,1-2H3. The number of carbonyl (C=O) groups is 1. The first-order valence-electron chi connectivity index (χ1n) is 9.32. The van der Waals surface area contributed by atoms with Gasteiger partial charge in [-0.25, -0.2) is 4.68 Å². The molecule has 1 aliphatic rings. The maximum atomic E-state index is 13.0. The summed E-state index contributed by atoms with van der Waals surface area (Å²) >= 11 is 3.56. The van der Waals surface area contributed by atoms with E-state index in [-0.39, 0.29) is 12.0 Å². The monoisotopic (exact) mass is 439 g/mol. The molecule has 5 nitrogen and oxygen atoms in total. The molecule has 1 atom stereocenters. The molecule has 1 amide bonds. The van der Waals surface area contributed by atoms with Crippen LogP contribution in [0.1, 0.15) is 33.4 Å². The molecular weight excluding hydrogens is 418 g/mol. The topological polar surface area (TPSA) is 47.4 Å². The van der Waals surface area contributed by atoms with Crippen molar-refractivity contribution in [1.29, 1.82) is 0 Å². The van der Waals surface area contributed by atoms with Crippen molar-refractivity contribution < 1.29 is 9.53 Å². The normalized spacial score (nSPS) is 17.0. The van der Waals surface area contributed by atoms with Crippen LogP contribution >= 0.6 is 15.9 Å². The molecule has 0 aliphatic carbocycles. The van der Waals surface area contributed by atoms with Gasteiger partial charge in [0.2, 0.25) is 0 Å². The summed E-state index contributed by atoms with van der Waals surface area (Å²) in [5, 5.41) is 4.55. The second-order valence-electron chi connectivity index (χ2n) is 6.96. The summed E-state index contributed by atoms with van der Waals surface area (Å²) in [6.45, 7) is 5.69. The Morgan fingerprint density at radius 1 is 1.11 bits per heavy atom. The molecule has 144 valence electrons. The minimum atomic E-state index is -0.0785. The van der Waals surface area contributed by atoms with Crippen LogP contribution in [0.3, 0.4) is 0 Å². The predicted molar refractivity (Wildman–Crippen MR) is 112 cm³/mol. The quantitative estimate of drug-likeness (QED) is 0.604. The molecule has 6 heteroatoms. The summed E-state index contributed by atoms with van der Waals surface area (Å²) in [6, 6.07) is 17.7. The number of ether oxygens (including phenoxy) is 1. The van der Waals surface area contributed by atoms with Crippen molar-refractivity contribution in [3.63, 3.8) is 0 Å². The minimum Gasteiger partial charge on any atom is -0.370 e. The van der Waals surface area contributed by atoms with Crippen LogP contribution in [0.2, 0.25) is 0 Å². The molecule has 4 rings (SSSR count). The van der Waals surface area contributed by atoms with E-state index in [0.717, 1.165) is 27.1 Å². The van der Waals surface area contributed by atoms with Crippen LogP contribution in [0.5, 0.6) is 0 Å². The van der Waals surface area contributed by atoms with E-state index in [1.54, 1.807) is 0 Å². The van der Waals surface area contributed by atoms with Crippen molar-refractivity contribution in [1.82, 2.24) is 14.7 Å². The fourth-order valence-corrected chi connectivity index (χ4v) is 3.75. The number of aromatic nitrogens is 2. The summed E-state index contributed by atoms with van der Waals surface area (Å²) in [4.78, 5) is 14.9. The molecule has 3 aromatic rings. The van der Waals surface area contributed by atoms with Crippen LogP contribution in [0.4, 0.5) is 0 Å². The molecular formula is C22H22BrN3O2. The zero-order chi connectivity index (χ0) is 19.7. The van der Waals surface area contributed by atoms with Gasteiger partial charge in [-0.2, -0.15) is 5.10 Å². The van der Waals surface area contributed by atoms with Crippen LogP contribution in [0.25, 0.3) is 5.69 Å². The van der Waals surface area contributed by atoms with E-state index in [1.807, 2.05) is 78.0 Å². The van der Waals surface area contributed by atoms with Crippen molar-refractivity contribution in [3.8, 4) is 5.69 Å². The smallest absolute Gasteiger partial charge is 0.254 e. The number of benzene rings is 2. The highest BCUT2D eigenvalue weighted by molar-refractivity contribution is 9.10. The van der Waals surface area contributed by atoms with Crippen LogP contribution in [0, 0.1) is 13.8 Å². The Labute approximate surface area is 173 Å². The number of rotatable bonds is 3. The lowest BCUT2D eigenvalue weighted by molar-refractivity contribution is -0.0228. The second kappa shape index (κ2) is 7.89. The SMILES string of the molecule is Cc1nn(-c2ccc(C(=O)N3CCOC(c4ccccc4)C3)cc2)c(C)c1Br. The molecule has 2 aromatic carbocycles. The van der Waals surface area contributed by atoms with Gasteiger partial charge in [-0.15, -0.1) is 0 Å². The summed E-state index contributed by atoms with van der Waals surface area (Å²) in [5.41, 5.74) is 4.70. The molecule has 0 bridgehead atoms. The van der Waals surface area contributed by atoms with Gasteiger partial charge in [0, 0.05) is 12.1 Å².